The lowest BCUT2D eigenvalue weighted by atomic mass is 9.97. The highest BCUT2D eigenvalue weighted by atomic mass is 16.5. The van der Waals surface area contributed by atoms with Crippen LogP contribution in [0, 0.1) is 0 Å². The zero-order valence-corrected chi connectivity index (χ0v) is 10.9. The molecule has 0 saturated carbocycles. The van der Waals surface area contributed by atoms with Gasteiger partial charge in [-0.2, -0.15) is 0 Å². The van der Waals surface area contributed by atoms with Crippen molar-refractivity contribution in [1.82, 2.24) is 0 Å². The number of benzene rings is 1. The predicted octanol–water partition coefficient (Wildman–Crippen LogP) is 1.83. The minimum Gasteiger partial charge on any atom is -0.492 e. The van der Waals surface area contributed by atoms with Crippen LogP contribution >= 0.6 is 0 Å². The van der Waals surface area contributed by atoms with Gasteiger partial charge in [-0.3, -0.25) is 0 Å². The van der Waals surface area contributed by atoms with Crippen LogP contribution in [0.1, 0.15) is 30.5 Å². The van der Waals surface area contributed by atoms with Crippen LogP contribution in [0.5, 0.6) is 17.2 Å². The molecule has 1 aromatic rings. The van der Waals surface area contributed by atoms with Gasteiger partial charge in [-0.05, 0) is 13.8 Å². The fraction of sp³-hybridized carbons (Fsp3) is 0.571. The van der Waals surface area contributed by atoms with E-state index < -0.39 is 0 Å². The Hall–Kier alpha value is -1.42. The normalized spacial score (nSPS) is 24.2. The van der Waals surface area contributed by atoms with Gasteiger partial charge in [-0.1, -0.05) is 0 Å². The van der Waals surface area contributed by atoms with Gasteiger partial charge < -0.3 is 19.3 Å². The monoisotopic (exact) mass is 250 g/mol. The molecule has 4 heteroatoms. The Bertz CT molecular complexity index is 413. The van der Waals surface area contributed by atoms with Crippen LogP contribution in [0.4, 0.5) is 0 Å². The van der Waals surface area contributed by atoms with E-state index in [2.05, 4.69) is 0 Å². The van der Waals surface area contributed by atoms with Crippen molar-refractivity contribution in [3.05, 3.63) is 16.7 Å². The van der Waals surface area contributed by atoms with Gasteiger partial charge in [-0.25, -0.2) is 0 Å². The molecular formula is C14H18O4. The van der Waals surface area contributed by atoms with Gasteiger partial charge in [0.25, 0.3) is 0 Å². The fourth-order valence-corrected chi connectivity index (χ4v) is 2.95. The number of aliphatic hydroxyl groups is 1. The van der Waals surface area contributed by atoms with Gasteiger partial charge >= 0.3 is 0 Å². The van der Waals surface area contributed by atoms with E-state index >= 15 is 0 Å². The lowest BCUT2D eigenvalue weighted by Crippen LogP contribution is -2.08. The molecule has 3 rings (SSSR count). The smallest absolute Gasteiger partial charge is 0.168 e. The van der Waals surface area contributed by atoms with E-state index in [1.54, 1.807) is 7.11 Å². The molecule has 4 nitrogen and oxygen atoms in total. The van der Waals surface area contributed by atoms with Crippen LogP contribution in [0.3, 0.4) is 0 Å². The van der Waals surface area contributed by atoms with E-state index in [-0.39, 0.29) is 18.8 Å². The predicted molar refractivity (Wildman–Crippen MR) is 66.5 cm³/mol. The van der Waals surface area contributed by atoms with Crippen molar-refractivity contribution >= 4 is 0 Å². The highest BCUT2D eigenvalue weighted by molar-refractivity contribution is 5.65. The molecule has 0 radical (unpaired) electrons. The lowest BCUT2D eigenvalue weighted by molar-refractivity contribution is 0.236. The molecule has 0 bridgehead atoms. The number of aliphatic hydroxyl groups excluding tert-OH is 1. The summed E-state index contributed by atoms with van der Waals surface area (Å²) < 4.78 is 17.2. The van der Waals surface area contributed by atoms with Gasteiger partial charge in [0.05, 0.1) is 13.7 Å². The molecule has 0 spiro atoms. The molecule has 2 heterocycles. The summed E-state index contributed by atoms with van der Waals surface area (Å²) in [5, 5.41) is 9.63. The Morgan fingerprint density at radius 2 is 1.72 bits per heavy atom. The molecule has 1 N–H and O–H groups in total. The average Bonchev–Trinajstić information content (AvgIpc) is 2.87. The van der Waals surface area contributed by atoms with Gasteiger partial charge in [0.2, 0.25) is 0 Å². The highest BCUT2D eigenvalue weighted by Crippen LogP contribution is 2.50. The van der Waals surface area contributed by atoms with Crippen LogP contribution in [-0.2, 0) is 19.4 Å². The number of methoxy groups -OCH3 is 1. The summed E-state index contributed by atoms with van der Waals surface area (Å²) in [6.45, 7) is 4.03. The standard InChI is InChI=1S/C14H18O4/c1-7-4-9-11(6-15)12-10(5-8(2)17-12)13(16-3)14(9)18-7/h7-8,15H,4-6H2,1-3H3. The second-order valence-corrected chi connectivity index (χ2v) is 5.05. The summed E-state index contributed by atoms with van der Waals surface area (Å²) in [7, 11) is 1.66. The summed E-state index contributed by atoms with van der Waals surface area (Å²) in [6.07, 6.45) is 1.85. The molecule has 0 amide bonds. The molecule has 98 valence electrons. The van der Waals surface area contributed by atoms with Crippen LogP contribution in [0.25, 0.3) is 0 Å². The van der Waals surface area contributed by atoms with E-state index in [0.717, 1.165) is 46.8 Å². The molecule has 1 aromatic carbocycles. The topological polar surface area (TPSA) is 47.9 Å². The van der Waals surface area contributed by atoms with Gasteiger partial charge in [0, 0.05) is 29.5 Å². The van der Waals surface area contributed by atoms with E-state index in [0.29, 0.717) is 0 Å². The Labute approximate surface area is 106 Å². The Balaban J connectivity index is 2.24. The van der Waals surface area contributed by atoms with Crippen molar-refractivity contribution in [1.29, 1.82) is 0 Å². The van der Waals surface area contributed by atoms with Crippen molar-refractivity contribution in [3.63, 3.8) is 0 Å². The van der Waals surface area contributed by atoms with E-state index in [4.69, 9.17) is 14.2 Å². The fourth-order valence-electron chi connectivity index (χ4n) is 2.95. The molecule has 0 saturated heterocycles. The van der Waals surface area contributed by atoms with Crippen molar-refractivity contribution in [2.24, 2.45) is 0 Å². The van der Waals surface area contributed by atoms with Crippen LogP contribution in [0.2, 0.25) is 0 Å². The molecule has 0 aromatic heterocycles. The third-order valence-corrected chi connectivity index (χ3v) is 3.65. The summed E-state index contributed by atoms with van der Waals surface area (Å²) in [5.74, 6) is 2.38. The van der Waals surface area contributed by atoms with Crippen LogP contribution < -0.4 is 14.2 Å². The maximum absolute atomic E-state index is 9.63. The SMILES string of the molecule is COc1c2c(c(CO)c3c1OC(C)C3)OC(C)C2. The molecular weight excluding hydrogens is 232 g/mol. The Morgan fingerprint density at radius 1 is 1.11 bits per heavy atom. The van der Waals surface area contributed by atoms with Crippen molar-refractivity contribution in [2.75, 3.05) is 7.11 Å². The second kappa shape index (κ2) is 4.05. The lowest BCUT2D eigenvalue weighted by Gasteiger charge is -2.15. The quantitative estimate of drug-likeness (QED) is 0.870. The van der Waals surface area contributed by atoms with E-state index in [1.807, 2.05) is 13.8 Å². The highest BCUT2D eigenvalue weighted by Gasteiger charge is 2.35. The first-order chi connectivity index (χ1) is 8.65. The molecule has 18 heavy (non-hydrogen) atoms. The summed E-state index contributed by atoms with van der Waals surface area (Å²) >= 11 is 0. The molecule has 2 aliphatic heterocycles. The van der Waals surface area contributed by atoms with Crippen molar-refractivity contribution < 1.29 is 19.3 Å². The Kier molecular flexibility index (Phi) is 2.63. The molecule has 0 aliphatic carbocycles. The zero-order chi connectivity index (χ0) is 12.9. The van der Waals surface area contributed by atoms with Crippen molar-refractivity contribution in [3.8, 4) is 17.2 Å². The second-order valence-electron chi connectivity index (χ2n) is 5.05. The molecule has 2 unspecified atom stereocenters. The summed E-state index contributed by atoms with van der Waals surface area (Å²) in [4.78, 5) is 0. The molecule has 2 aliphatic rings. The first-order valence-corrected chi connectivity index (χ1v) is 6.34. The third-order valence-electron chi connectivity index (χ3n) is 3.65. The van der Waals surface area contributed by atoms with E-state index in [1.165, 1.54) is 0 Å². The zero-order valence-electron chi connectivity index (χ0n) is 10.9. The van der Waals surface area contributed by atoms with Gasteiger partial charge in [-0.15, -0.1) is 0 Å². The maximum atomic E-state index is 9.63. The number of hydrogen-bond donors (Lipinski definition) is 1. The average molecular weight is 250 g/mol. The van der Waals surface area contributed by atoms with Crippen LogP contribution in [0.15, 0.2) is 0 Å². The summed E-state index contributed by atoms with van der Waals surface area (Å²) in [5.41, 5.74) is 2.94. The first kappa shape index (κ1) is 11.7. The number of rotatable bonds is 2. The Morgan fingerprint density at radius 3 is 2.33 bits per heavy atom. The minimum atomic E-state index is -0.0164. The number of fused-ring (bicyclic) bond motifs is 2. The number of ether oxygens (including phenoxy) is 3. The molecule has 2 atom stereocenters. The summed E-state index contributed by atoms with van der Waals surface area (Å²) in [6, 6.07) is 0. The van der Waals surface area contributed by atoms with Gasteiger partial charge in [0.15, 0.2) is 11.5 Å². The largest absolute Gasteiger partial charge is 0.492 e. The first-order valence-electron chi connectivity index (χ1n) is 6.34. The van der Waals surface area contributed by atoms with E-state index in [9.17, 15) is 5.11 Å². The number of hydrogen-bond acceptors (Lipinski definition) is 4. The minimum absolute atomic E-state index is 0.0164. The maximum Gasteiger partial charge on any atom is 0.168 e. The van der Waals surface area contributed by atoms with Crippen LogP contribution in [-0.4, -0.2) is 24.4 Å². The third kappa shape index (κ3) is 1.48. The van der Waals surface area contributed by atoms with Crippen molar-refractivity contribution in [2.45, 2.75) is 45.5 Å². The molecule has 0 fully saturated rings. The van der Waals surface area contributed by atoms with Gasteiger partial charge in [0.1, 0.15) is 18.0 Å².